The first kappa shape index (κ1) is 17.2. The fourth-order valence-corrected chi connectivity index (χ4v) is 3.06. The molecule has 2 fully saturated rings. The average molecular weight is 327 g/mol. The van der Waals surface area contributed by atoms with E-state index in [0.717, 1.165) is 18.4 Å². The van der Waals surface area contributed by atoms with Gasteiger partial charge >= 0.3 is 0 Å². The molecular formula is C16H23ClN2O3. The van der Waals surface area contributed by atoms with E-state index in [2.05, 4.69) is 0 Å². The van der Waals surface area contributed by atoms with Crippen molar-refractivity contribution in [2.45, 2.75) is 31.1 Å². The molecule has 1 amide bonds. The topological polar surface area (TPSA) is 64.8 Å². The fraction of sp³-hybridized carbons (Fsp3) is 0.562. The Kier molecular flexibility index (Phi) is 6.20. The van der Waals surface area contributed by atoms with Crippen molar-refractivity contribution in [3.8, 4) is 0 Å². The molecule has 0 aromatic heterocycles. The van der Waals surface area contributed by atoms with E-state index in [0.29, 0.717) is 26.3 Å². The zero-order valence-corrected chi connectivity index (χ0v) is 13.3. The van der Waals surface area contributed by atoms with Crippen molar-refractivity contribution in [1.82, 2.24) is 4.90 Å². The van der Waals surface area contributed by atoms with Crippen molar-refractivity contribution in [3.63, 3.8) is 0 Å². The van der Waals surface area contributed by atoms with Crippen LogP contribution in [0, 0.1) is 0 Å². The molecule has 0 saturated carbocycles. The third kappa shape index (κ3) is 3.60. The normalized spacial score (nSPS) is 28.2. The Morgan fingerprint density at radius 3 is 2.73 bits per heavy atom. The summed E-state index contributed by atoms with van der Waals surface area (Å²) in [6.07, 6.45) is 1.31. The zero-order chi connectivity index (χ0) is 14.7. The van der Waals surface area contributed by atoms with Crippen LogP contribution in [0.1, 0.15) is 24.4 Å². The molecule has 2 saturated heterocycles. The molecule has 3 atom stereocenters. The molecule has 0 radical (unpaired) electrons. The van der Waals surface area contributed by atoms with Gasteiger partial charge in [-0.25, -0.2) is 0 Å². The first-order valence-electron chi connectivity index (χ1n) is 7.58. The van der Waals surface area contributed by atoms with Gasteiger partial charge in [-0.3, -0.25) is 4.79 Å². The number of carbonyl (C=O) groups is 1. The molecule has 122 valence electrons. The van der Waals surface area contributed by atoms with Crippen LogP contribution in [0.15, 0.2) is 30.3 Å². The number of hydrogen-bond acceptors (Lipinski definition) is 4. The van der Waals surface area contributed by atoms with E-state index in [9.17, 15) is 4.79 Å². The maximum atomic E-state index is 12.8. The lowest BCUT2D eigenvalue weighted by Crippen LogP contribution is -2.47. The predicted molar refractivity (Wildman–Crippen MR) is 85.9 cm³/mol. The van der Waals surface area contributed by atoms with E-state index in [-0.39, 0.29) is 36.6 Å². The van der Waals surface area contributed by atoms with E-state index in [1.165, 1.54) is 0 Å². The summed E-state index contributed by atoms with van der Waals surface area (Å²) in [5.41, 5.74) is 6.73. The molecule has 3 rings (SSSR count). The maximum Gasteiger partial charge on any atom is 0.252 e. The Balaban J connectivity index is 0.00000176. The number of carbonyl (C=O) groups excluding carboxylic acids is 1. The highest BCUT2D eigenvalue weighted by Gasteiger charge is 2.37. The summed E-state index contributed by atoms with van der Waals surface area (Å²) in [6.45, 7) is 2.23. The van der Waals surface area contributed by atoms with E-state index in [1.807, 2.05) is 35.2 Å². The lowest BCUT2D eigenvalue weighted by molar-refractivity contribution is -0.151. The quantitative estimate of drug-likeness (QED) is 0.914. The molecule has 2 aliphatic heterocycles. The number of morpholine rings is 1. The van der Waals surface area contributed by atoms with Gasteiger partial charge < -0.3 is 20.1 Å². The second-order valence-electron chi connectivity index (χ2n) is 5.59. The summed E-state index contributed by atoms with van der Waals surface area (Å²) >= 11 is 0. The molecule has 0 bridgehead atoms. The van der Waals surface area contributed by atoms with Gasteiger partial charge in [0.2, 0.25) is 0 Å². The molecule has 2 aliphatic rings. The summed E-state index contributed by atoms with van der Waals surface area (Å²) in [4.78, 5) is 14.7. The van der Waals surface area contributed by atoms with Crippen LogP contribution in [0.2, 0.25) is 0 Å². The van der Waals surface area contributed by atoms with Crippen LogP contribution in [-0.4, -0.2) is 49.3 Å². The molecule has 0 aliphatic carbocycles. The molecule has 2 heterocycles. The van der Waals surface area contributed by atoms with Gasteiger partial charge in [-0.1, -0.05) is 30.3 Å². The lowest BCUT2D eigenvalue weighted by atomic mass is 10.0. The van der Waals surface area contributed by atoms with Gasteiger partial charge in [-0.2, -0.15) is 0 Å². The van der Waals surface area contributed by atoms with Gasteiger partial charge in [0.25, 0.3) is 5.91 Å². The van der Waals surface area contributed by atoms with Gasteiger partial charge in [-0.05, 0) is 18.4 Å². The van der Waals surface area contributed by atoms with Crippen molar-refractivity contribution in [1.29, 1.82) is 0 Å². The second-order valence-corrected chi connectivity index (χ2v) is 5.59. The Labute approximate surface area is 137 Å². The summed E-state index contributed by atoms with van der Waals surface area (Å²) in [6, 6.07) is 10.0. The summed E-state index contributed by atoms with van der Waals surface area (Å²) < 4.78 is 11.3. The Hall–Kier alpha value is -1.14. The molecule has 2 N–H and O–H groups in total. The maximum absolute atomic E-state index is 12.8. The van der Waals surface area contributed by atoms with Gasteiger partial charge in [-0.15, -0.1) is 12.4 Å². The summed E-state index contributed by atoms with van der Waals surface area (Å²) in [7, 11) is 0. The molecule has 1 aromatic rings. The highest BCUT2D eigenvalue weighted by Crippen LogP contribution is 2.28. The van der Waals surface area contributed by atoms with Crippen molar-refractivity contribution < 1.29 is 14.3 Å². The standard InChI is InChI=1S/C16H22N2O3.ClH/c17-10-13-6-7-15(21-13)16(19)18-8-9-20-11-14(18)12-4-2-1-3-5-12;/h1-5,13-15H,6-11,17H2;1H/t13-,14?,15+;/m1./s1. The minimum atomic E-state index is -0.345. The molecule has 6 heteroatoms. The van der Waals surface area contributed by atoms with Crippen molar-refractivity contribution in [2.24, 2.45) is 5.73 Å². The average Bonchev–Trinajstić information content (AvgIpc) is 3.04. The van der Waals surface area contributed by atoms with Crippen molar-refractivity contribution in [2.75, 3.05) is 26.3 Å². The molecular weight excluding hydrogens is 304 g/mol. The third-order valence-electron chi connectivity index (χ3n) is 4.24. The highest BCUT2D eigenvalue weighted by atomic mass is 35.5. The number of amides is 1. The van der Waals surface area contributed by atoms with Gasteiger partial charge in [0.15, 0.2) is 0 Å². The van der Waals surface area contributed by atoms with Crippen LogP contribution in [0.4, 0.5) is 0 Å². The SMILES string of the molecule is Cl.NC[C@H]1CC[C@@H](C(=O)N2CCOCC2c2ccccc2)O1. The molecule has 5 nitrogen and oxygen atoms in total. The Morgan fingerprint density at radius 1 is 1.27 bits per heavy atom. The first-order chi connectivity index (χ1) is 10.3. The van der Waals surface area contributed by atoms with Crippen LogP contribution in [0.3, 0.4) is 0 Å². The minimum absolute atomic E-state index is 0. The van der Waals surface area contributed by atoms with E-state index in [1.54, 1.807) is 0 Å². The van der Waals surface area contributed by atoms with Crippen molar-refractivity contribution >= 4 is 18.3 Å². The number of benzene rings is 1. The number of nitrogens with zero attached hydrogens (tertiary/aromatic N) is 1. The second kappa shape index (κ2) is 7.92. The van der Waals surface area contributed by atoms with Crippen molar-refractivity contribution in [3.05, 3.63) is 35.9 Å². The minimum Gasteiger partial charge on any atom is -0.377 e. The van der Waals surface area contributed by atoms with Crippen LogP contribution in [0.5, 0.6) is 0 Å². The van der Waals surface area contributed by atoms with Gasteiger partial charge in [0, 0.05) is 13.1 Å². The zero-order valence-electron chi connectivity index (χ0n) is 12.5. The van der Waals surface area contributed by atoms with Gasteiger partial charge in [0.05, 0.1) is 25.4 Å². The number of nitrogens with two attached hydrogens (primary N) is 1. The summed E-state index contributed by atoms with van der Waals surface area (Å²) in [5, 5.41) is 0. The van der Waals surface area contributed by atoms with E-state index >= 15 is 0 Å². The number of halogens is 1. The van der Waals surface area contributed by atoms with Crippen LogP contribution >= 0.6 is 12.4 Å². The lowest BCUT2D eigenvalue weighted by Gasteiger charge is -2.37. The van der Waals surface area contributed by atoms with Crippen LogP contribution in [0.25, 0.3) is 0 Å². The first-order valence-corrected chi connectivity index (χ1v) is 7.58. The smallest absolute Gasteiger partial charge is 0.252 e. The predicted octanol–water partition coefficient (Wildman–Crippen LogP) is 1.51. The van der Waals surface area contributed by atoms with E-state index in [4.69, 9.17) is 15.2 Å². The van der Waals surface area contributed by atoms with Gasteiger partial charge in [0.1, 0.15) is 6.10 Å². The fourth-order valence-electron chi connectivity index (χ4n) is 3.06. The van der Waals surface area contributed by atoms with Crippen LogP contribution < -0.4 is 5.73 Å². The Bertz CT molecular complexity index is 486. The van der Waals surface area contributed by atoms with Crippen LogP contribution in [-0.2, 0) is 14.3 Å². The number of rotatable bonds is 3. The Morgan fingerprint density at radius 2 is 2.05 bits per heavy atom. The number of ether oxygens (including phenoxy) is 2. The molecule has 0 spiro atoms. The largest absolute Gasteiger partial charge is 0.377 e. The molecule has 1 unspecified atom stereocenters. The molecule has 1 aromatic carbocycles. The number of hydrogen-bond donors (Lipinski definition) is 1. The molecule has 22 heavy (non-hydrogen) atoms. The monoisotopic (exact) mass is 326 g/mol. The van der Waals surface area contributed by atoms with E-state index < -0.39 is 0 Å². The summed E-state index contributed by atoms with van der Waals surface area (Å²) in [5.74, 6) is 0.0723. The third-order valence-corrected chi connectivity index (χ3v) is 4.24. The highest BCUT2D eigenvalue weighted by molar-refractivity contribution is 5.85.